The SMILES string of the molecule is CCn1c(NC(=O)c2cc([N+](=O)[O-])cc([N+](=O)[O-])c2C)nnc1SCc1ccccc1Cl. The normalized spacial score (nSPS) is 10.7. The van der Waals surface area contributed by atoms with E-state index in [1.165, 1.54) is 18.7 Å². The molecule has 1 N–H and O–H groups in total. The molecule has 3 rings (SSSR count). The maximum Gasteiger partial charge on any atom is 0.279 e. The van der Waals surface area contributed by atoms with Crippen LogP contribution in [-0.4, -0.2) is 30.5 Å². The molecule has 0 unspecified atom stereocenters. The molecule has 0 fully saturated rings. The molecule has 0 saturated carbocycles. The second-order valence-electron chi connectivity index (χ2n) is 6.54. The standard InChI is InChI=1S/C19H17ClN6O5S/c1-3-24-18(22-23-19(24)32-10-12-6-4-5-7-15(12)20)21-17(27)14-8-13(25(28)29)9-16(11(14)2)26(30)31/h4-9H,3,10H2,1-2H3,(H,21,22,27). The van der Waals surface area contributed by atoms with Crippen molar-refractivity contribution in [1.29, 1.82) is 0 Å². The van der Waals surface area contributed by atoms with Crippen molar-refractivity contribution < 1.29 is 14.6 Å². The minimum atomic E-state index is -0.790. The summed E-state index contributed by atoms with van der Waals surface area (Å²) in [6, 6.07) is 9.20. The number of carbonyl (C=O) groups excluding carboxylic acids is 1. The van der Waals surface area contributed by atoms with Gasteiger partial charge in [0.05, 0.1) is 21.5 Å². The molecule has 0 aliphatic carbocycles. The number of rotatable bonds is 8. The van der Waals surface area contributed by atoms with Crippen molar-refractivity contribution in [2.75, 3.05) is 5.32 Å². The van der Waals surface area contributed by atoms with Crippen LogP contribution in [0.25, 0.3) is 0 Å². The molecule has 32 heavy (non-hydrogen) atoms. The van der Waals surface area contributed by atoms with E-state index in [1.54, 1.807) is 10.6 Å². The number of aromatic nitrogens is 3. The molecular weight excluding hydrogens is 460 g/mol. The Morgan fingerprint density at radius 3 is 2.53 bits per heavy atom. The zero-order valence-electron chi connectivity index (χ0n) is 16.9. The van der Waals surface area contributed by atoms with Gasteiger partial charge in [-0.15, -0.1) is 10.2 Å². The highest BCUT2D eigenvalue weighted by Gasteiger charge is 2.26. The molecule has 2 aromatic carbocycles. The van der Waals surface area contributed by atoms with E-state index < -0.39 is 27.1 Å². The highest BCUT2D eigenvalue weighted by molar-refractivity contribution is 7.98. The molecule has 1 amide bonds. The predicted molar refractivity (Wildman–Crippen MR) is 119 cm³/mol. The van der Waals surface area contributed by atoms with Gasteiger partial charge in [0.25, 0.3) is 17.3 Å². The van der Waals surface area contributed by atoms with E-state index in [2.05, 4.69) is 15.5 Å². The average Bonchev–Trinajstić information content (AvgIpc) is 3.14. The van der Waals surface area contributed by atoms with Crippen molar-refractivity contribution in [3.63, 3.8) is 0 Å². The van der Waals surface area contributed by atoms with Gasteiger partial charge in [0.2, 0.25) is 5.95 Å². The van der Waals surface area contributed by atoms with Crippen molar-refractivity contribution >= 4 is 46.6 Å². The first kappa shape index (κ1) is 23.2. The second-order valence-corrected chi connectivity index (χ2v) is 7.89. The Kier molecular flexibility index (Phi) is 7.05. The Bertz CT molecular complexity index is 1210. The van der Waals surface area contributed by atoms with E-state index in [4.69, 9.17) is 11.6 Å². The van der Waals surface area contributed by atoms with Crippen LogP contribution in [0.4, 0.5) is 17.3 Å². The lowest BCUT2D eigenvalue weighted by atomic mass is 10.0. The number of nitrogens with one attached hydrogen (secondary N) is 1. The van der Waals surface area contributed by atoms with Gasteiger partial charge >= 0.3 is 0 Å². The molecule has 13 heteroatoms. The lowest BCUT2D eigenvalue weighted by Gasteiger charge is -2.10. The molecule has 3 aromatic rings. The first-order chi connectivity index (χ1) is 15.2. The number of hydrogen-bond donors (Lipinski definition) is 1. The minimum absolute atomic E-state index is 0.00832. The van der Waals surface area contributed by atoms with Crippen LogP contribution in [-0.2, 0) is 12.3 Å². The van der Waals surface area contributed by atoms with Gasteiger partial charge in [0.15, 0.2) is 5.16 Å². The van der Waals surface area contributed by atoms with Crippen LogP contribution in [0.5, 0.6) is 0 Å². The number of nitro groups is 2. The van der Waals surface area contributed by atoms with E-state index in [0.717, 1.165) is 17.7 Å². The fourth-order valence-electron chi connectivity index (χ4n) is 2.91. The zero-order chi connectivity index (χ0) is 23.4. The lowest BCUT2D eigenvalue weighted by Crippen LogP contribution is -2.18. The first-order valence-corrected chi connectivity index (χ1v) is 10.6. The third kappa shape index (κ3) is 4.86. The van der Waals surface area contributed by atoms with E-state index >= 15 is 0 Å². The fraction of sp³-hybridized carbons (Fsp3) is 0.211. The van der Waals surface area contributed by atoms with Crippen LogP contribution in [0.2, 0.25) is 5.02 Å². The molecule has 0 bridgehead atoms. The number of nitrogens with zero attached hydrogens (tertiary/aromatic N) is 5. The number of benzene rings is 2. The Balaban J connectivity index is 1.86. The monoisotopic (exact) mass is 476 g/mol. The van der Waals surface area contributed by atoms with E-state index in [0.29, 0.717) is 22.5 Å². The van der Waals surface area contributed by atoms with Crippen LogP contribution in [0, 0.1) is 27.2 Å². The molecule has 0 atom stereocenters. The van der Waals surface area contributed by atoms with Gasteiger partial charge in [-0.3, -0.25) is 34.9 Å². The van der Waals surface area contributed by atoms with Gasteiger partial charge in [0.1, 0.15) is 0 Å². The molecule has 0 aliphatic heterocycles. The fourth-order valence-corrected chi connectivity index (χ4v) is 4.20. The number of carbonyl (C=O) groups is 1. The van der Waals surface area contributed by atoms with Crippen LogP contribution >= 0.6 is 23.4 Å². The molecule has 0 saturated heterocycles. The van der Waals surface area contributed by atoms with Crippen molar-refractivity contribution in [3.8, 4) is 0 Å². The summed E-state index contributed by atoms with van der Waals surface area (Å²) in [4.78, 5) is 33.7. The van der Waals surface area contributed by atoms with Crippen molar-refractivity contribution in [1.82, 2.24) is 14.8 Å². The number of non-ortho nitro benzene ring substituents is 1. The van der Waals surface area contributed by atoms with Crippen LogP contribution < -0.4 is 5.32 Å². The van der Waals surface area contributed by atoms with Crippen LogP contribution in [0.1, 0.15) is 28.4 Å². The highest BCUT2D eigenvalue weighted by Crippen LogP contribution is 2.30. The van der Waals surface area contributed by atoms with E-state index in [9.17, 15) is 25.0 Å². The highest BCUT2D eigenvalue weighted by atomic mass is 35.5. The number of halogens is 1. The van der Waals surface area contributed by atoms with Crippen LogP contribution in [0.15, 0.2) is 41.6 Å². The van der Waals surface area contributed by atoms with Crippen molar-refractivity contribution in [2.45, 2.75) is 31.3 Å². The molecule has 1 heterocycles. The first-order valence-electron chi connectivity index (χ1n) is 9.27. The molecule has 0 radical (unpaired) electrons. The topological polar surface area (TPSA) is 146 Å². The van der Waals surface area contributed by atoms with E-state index in [1.807, 2.05) is 25.1 Å². The second kappa shape index (κ2) is 9.75. The number of thioether (sulfide) groups is 1. The maximum absolute atomic E-state index is 12.8. The molecular formula is C19H17ClN6O5S. The minimum Gasteiger partial charge on any atom is -0.290 e. The van der Waals surface area contributed by atoms with Gasteiger partial charge in [-0.1, -0.05) is 41.6 Å². The molecule has 0 aliphatic rings. The predicted octanol–water partition coefficient (Wildman–Crippen LogP) is 4.62. The largest absolute Gasteiger partial charge is 0.290 e. The summed E-state index contributed by atoms with van der Waals surface area (Å²) < 4.78 is 1.65. The van der Waals surface area contributed by atoms with Crippen LogP contribution in [0.3, 0.4) is 0 Å². The summed E-state index contributed by atoms with van der Waals surface area (Å²) in [6.45, 7) is 3.62. The van der Waals surface area contributed by atoms with Crippen molar-refractivity contribution in [3.05, 3.63) is 78.3 Å². The third-order valence-electron chi connectivity index (χ3n) is 4.59. The molecule has 1 aromatic heterocycles. The summed E-state index contributed by atoms with van der Waals surface area (Å²) >= 11 is 7.56. The summed E-state index contributed by atoms with van der Waals surface area (Å²) in [5.41, 5.74) is -0.344. The van der Waals surface area contributed by atoms with Crippen molar-refractivity contribution in [2.24, 2.45) is 0 Å². The number of anilines is 1. The third-order valence-corrected chi connectivity index (χ3v) is 5.97. The maximum atomic E-state index is 12.8. The Labute approximate surface area is 191 Å². The summed E-state index contributed by atoms with van der Waals surface area (Å²) in [5.74, 6) is -0.117. The summed E-state index contributed by atoms with van der Waals surface area (Å²) in [6.07, 6.45) is 0. The van der Waals surface area contributed by atoms with Gasteiger partial charge in [-0.25, -0.2) is 0 Å². The Morgan fingerprint density at radius 2 is 1.91 bits per heavy atom. The number of hydrogen-bond acceptors (Lipinski definition) is 8. The molecule has 166 valence electrons. The smallest absolute Gasteiger partial charge is 0.279 e. The summed E-state index contributed by atoms with van der Waals surface area (Å²) in [5, 5.41) is 34.2. The Hall–Kier alpha value is -3.51. The van der Waals surface area contributed by atoms with Gasteiger partial charge in [-0.2, -0.15) is 0 Å². The van der Waals surface area contributed by atoms with Gasteiger partial charge in [-0.05, 0) is 25.5 Å². The Morgan fingerprint density at radius 1 is 1.19 bits per heavy atom. The lowest BCUT2D eigenvalue weighted by molar-refractivity contribution is -0.394. The van der Waals surface area contributed by atoms with E-state index in [-0.39, 0.29) is 17.1 Å². The average molecular weight is 477 g/mol. The molecule has 11 nitrogen and oxygen atoms in total. The molecule has 0 spiro atoms. The quantitative estimate of drug-likeness (QED) is 0.281. The summed E-state index contributed by atoms with van der Waals surface area (Å²) in [7, 11) is 0. The number of amides is 1. The van der Waals surface area contributed by atoms with Gasteiger partial charge in [0, 0.05) is 29.0 Å². The zero-order valence-corrected chi connectivity index (χ0v) is 18.5. The number of nitro benzene ring substituents is 2. The van der Waals surface area contributed by atoms with Gasteiger partial charge < -0.3 is 0 Å².